The highest BCUT2D eigenvalue weighted by molar-refractivity contribution is 6.31. The zero-order valence-corrected chi connectivity index (χ0v) is 16.7. The van der Waals surface area contributed by atoms with Gasteiger partial charge in [0.25, 0.3) is 0 Å². The van der Waals surface area contributed by atoms with Crippen LogP contribution in [0.1, 0.15) is 29.4 Å². The van der Waals surface area contributed by atoms with Crippen LogP contribution in [0.25, 0.3) is 6.08 Å². The monoisotopic (exact) mass is 401 g/mol. The van der Waals surface area contributed by atoms with E-state index in [-0.39, 0.29) is 18.3 Å². The second kappa shape index (κ2) is 8.39. The number of carbonyl (C=O) groups excluding carboxylic acids is 1. The number of benzene rings is 1. The van der Waals surface area contributed by atoms with Gasteiger partial charge < -0.3 is 5.32 Å². The Hall–Kier alpha value is -2.93. The first-order valence-corrected chi connectivity index (χ1v) is 9.25. The first-order chi connectivity index (χ1) is 13.4. The van der Waals surface area contributed by atoms with Crippen LogP contribution in [0.3, 0.4) is 0 Å². The van der Waals surface area contributed by atoms with Gasteiger partial charge in [0.2, 0.25) is 5.91 Å². The maximum absolute atomic E-state index is 14.1. The van der Waals surface area contributed by atoms with Gasteiger partial charge >= 0.3 is 0 Å². The third kappa shape index (κ3) is 4.31. The number of halogens is 2. The fourth-order valence-corrected chi connectivity index (χ4v) is 3.06. The van der Waals surface area contributed by atoms with E-state index in [1.165, 1.54) is 12.1 Å². The summed E-state index contributed by atoms with van der Waals surface area (Å²) in [6.07, 6.45) is 6.69. The molecule has 0 aliphatic heterocycles. The summed E-state index contributed by atoms with van der Waals surface area (Å²) in [6.45, 7) is 6.55. The van der Waals surface area contributed by atoms with Crippen molar-refractivity contribution < 1.29 is 9.18 Å². The number of rotatable bonds is 6. The van der Waals surface area contributed by atoms with Gasteiger partial charge in [-0.05, 0) is 39.0 Å². The molecule has 28 heavy (non-hydrogen) atoms. The quantitative estimate of drug-likeness (QED) is 0.629. The molecule has 6 nitrogen and oxygen atoms in total. The summed E-state index contributed by atoms with van der Waals surface area (Å²) in [6, 6.07) is 4.56. The molecule has 2 aromatic heterocycles. The molecule has 0 unspecified atom stereocenters. The average molecular weight is 402 g/mol. The second-order valence-electron chi connectivity index (χ2n) is 6.36. The number of anilines is 1. The van der Waals surface area contributed by atoms with Gasteiger partial charge in [0, 0.05) is 35.0 Å². The predicted molar refractivity (Wildman–Crippen MR) is 108 cm³/mol. The van der Waals surface area contributed by atoms with Crippen LogP contribution in [-0.4, -0.2) is 25.5 Å². The average Bonchev–Trinajstić information content (AvgIpc) is 3.23. The van der Waals surface area contributed by atoms with Crippen LogP contribution in [0.5, 0.6) is 0 Å². The lowest BCUT2D eigenvalue weighted by atomic mass is 10.2. The Morgan fingerprint density at radius 1 is 1.36 bits per heavy atom. The van der Waals surface area contributed by atoms with Crippen LogP contribution in [0.4, 0.5) is 10.1 Å². The molecule has 1 aromatic carbocycles. The van der Waals surface area contributed by atoms with Crippen LogP contribution in [0.15, 0.2) is 36.7 Å². The van der Waals surface area contributed by atoms with Gasteiger partial charge in [-0.15, -0.1) is 0 Å². The number of aromatic nitrogens is 4. The summed E-state index contributed by atoms with van der Waals surface area (Å²) in [4.78, 5) is 12.3. The molecular weight excluding hydrogens is 381 g/mol. The van der Waals surface area contributed by atoms with Crippen molar-refractivity contribution in [2.45, 2.75) is 33.9 Å². The molecule has 146 valence electrons. The summed E-state index contributed by atoms with van der Waals surface area (Å²) in [5, 5.41) is 11.8. The minimum Gasteiger partial charge on any atom is -0.319 e. The molecule has 0 saturated heterocycles. The van der Waals surface area contributed by atoms with Crippen molar-refractivity contribution in [2.75, 3.05) is 5.32 Å². The molecule has 1 N–H and O–H groups in total. The highest BCUT2D eigenvalue weighted by Gasteiger charge is 2.16. The highest BCUT2D eigenvalue weighted by atomic mass is 35.5. The third-order valence-corrected chi connectivity index (χ3v) is 4.76. The fourth-order valence-electron chi connectivity index (χ4n) is 2.84. The van der Waals surface area contributed by atoms with Crippen molar-refractivity contribution in [1.29, 1.82) is 0 Å². The normalized spacial score (nSPS) is 11.3. The van der Waals surface area contributed by atoms with E-state index >= 15 is 0 Å². The van der Waals surface area contributed by atoms with Gasteiger partial charge in [0.1, 0.15) is 5.82 Å². The standard InChI is InChI=1S/C20H21ClFN5O/c1-4-26-11-15(10-23-26)8-9-19(28)24-20-13(2)25-27(14(20)3)12-16-17(21)6-5-7-18(16)22/h5-11H,4,12H2,1-3H3,(H,24,28). The molecule has 0 saturated carbocycles. The molecule has 8 heteroatoms. The van der Waals surface area contributed by atoms with Crippen LogP contribution in [0, 0.1) is 19.7 Å². The van der Waals surface area contributed by atoms with E-state index in [2.05, 4.69) is 15.5 Å². The fraction of sp³-hybridized carbons (Fsp3) is 0.250. The van der Waals surface area contributed by atoms with Crippen LogP contribution in [0.2, 0.25) is 5.02 Å². The molecule has 0 spiro atoms. The first-order valence-electron chi connectivity index (χ1n) is 8.87. The molecule has 0 aliphatic carbocycles. The molecule has 0 atom stereocenters. The molecule has 0 radical (unpaired) electrons. The predicted octanol–water partition coefficient (Wildman–Crippen LogP) is 4.21. The zero-order chi connectivity index (χ0) is 20.3. The van der Waals surface area contributed by atoms with Gasteiger partial charge in [0.15, 0.2) is 0 Å². The smallest absolute Gasteiger partial charge is 0.248 e. The van der Waals surface area contributed by atoms with E-state index in [9.17, 15) is 9.18 Å². The Labute approximate surface area is 167 Å². The Morgan fingerprint density at radius 2 is 2.14 bits per heavy atom. The van der Waals surface area contributed by atoms with Crippen molar-refractivity contribution in [3.63, 3.8) is 0 Å². The summed E-state index contributed by atoms with van der Waals surface area (Å²) in [5.74, 6) is -0.667. The van der Waals surface area contributed by atoms with Crippen molar-refractivity contribution in [3.8, 4) is 0 Å². The van der Waals surface area contributed by atoms with Crippen molar-refractivity contribution in [3.05, 3.63) is 70.0 Å². The highest BCUT2D eigenvalue weighted by Crippen LogP contribution is 2.24. The summed E-state index contributed by atoms with van der Waals surface area (Å²) >= 11 is 6.11. The molecule has 0 fully saturated rings. The Bertz CT molecular complexity index is 1020. The number of hydrogen-bond donors (Lipinski definition) is 1. The lowest BCUT2D eigenvalue weighted by molar-refractivity contribution is -0.111. The molecule has 1 amide bonds. The van der Waals surface area contributed by atoms with Gasteiger partial charge in [-0.3, -0.25) is 14.2 Å². The minimum atomic E-state index is -0.388. The van der Waals surface area contributed by atoms with Gasteiger partial charge in [-0.1, -0.05) is 17.7 Å². The van der Waals surface area contributed by atoms with Gasteiger partial charge in [-0.25, -0.2) is 4.39 Å². The van der Waals surface area contributed by atoms with E-state index in [1.807, 2.05) is 20.0 Å². The van der Waals surface area contributed by atoms with E-state index in [0.717, 1.165) is 17.8 Å². The Balaban J connectivity index is 1.75. The Kier molecular flexibility index (Phi) is 5.94. The number of aryl methyl sites for hydroxylation is 2. The van der Waals surface area contributed by atoms with Crippen LogP contribution >= 0.6 is 11.6 Å². The van der Waals surface area contributed by atoms with E-state index < -0.39 is 0 Å². The summed E-state index contributed by atoms with van der Waals surface area (Å²) in [5.41, 5.74) is 3.17. The Morgan fingerprint density at radius 3 is 2.82 bits per heavy atom. The zero-order valence-electron chi connectivity index (χ0n) is 15.9. The summed E-state index contributed by atoms with van der Waals surface area (Å²) in [7, 11) is 0. The molecule has 0 bridgehead atoms. The minimum absolute atomic E-state index is 0.181. The van der Waals surface area contributed by atoms with E-state index in [4.69, 9.17) is 11.6 Å². The molecule has 0 aliphatic rings. The SMILES string of the molecule is CCn1cc(C=CC(=O)Nc2c(C)nn(Cc3c(F)cccc3Cl)c2C)cn1. The molecule has 3 rings (SSSR count). The molecule has 3 aromatic rings. The van der Waals surface area contributed by atoms with Gasteiger partial charge in [-0.2, -0.15) is 10.2 Å². The van der Waals surface area contributed by atoms with Crippen molar-refractivity contribution in [2.24, 2.45) is 0 Å². The lowest BCUT2D eigenvalue weighted by Gasteiger charge is -2.08. The number of hydrogen-bond acceptors (Lipinski definition) is 3. The molecular formula is C20H21ClFN5O. The maximum Gasteiger partial charge on any atom is 0.248 e. The number of amides is 1. The summed E-state index contributed by atoms with van der Waals surface area (Å²) < 4.78 is 17.5. The number of carbonyl (C=O) groups is 1. The third-order valence-electron chi connectivity index (χ3n) is 4.40. The van der Waals surface area contributed by atoms with Crippen LogP contribution in [-0.2, 0) is 17.9 Å². The molecule has 2 heterocycles. The van der Waals surface area contributed by atoms with E-state index in [0.29, 0.717) is 22.0 Å². The van der Waals surface area contributed by atoms with Crippen molar-refractivity contribution in [1.82, 2.24) is 19.6 Å². The first kappa shape index (κ1) is 19.8. The number of nitrogens with zero attached hydrogens (tertiary/aromatic N) is 4. The van der Waals surface area contributed by atoms with Crippen molar-refractivity contribution >= 4 is 29.3 Å². The lowest BCUT2D eigenvalue weighted by Crippen LogP contribution is -2.10. The topological polar surface area (TPSA) is 64.7 Å². The van der Waals surface area contributed by atoms with Crippen LogP contribution < -0.4 is 5.32 Å². The number of nitrogens with one attached hydrogen (secondary N) is 1. The van der Waals surface area contributed by atoms with E-state index in [1.54, 1.807) is 40.7 Å². The maximum atomic E-state index is 14.1. The van der Waals surface area contributed by atoms with Gasteiger partial charge in [0.05, 0.1) is 29.8 Å². The largest absolute Gasteiger partial charge is 0.319 e. The second-order valence-corrected chi connectivity index (χ2v) is 6.76.